The number of carbonyl (C=O) groups excluding carboxylic acids is 2. The lowest BCUT2D eigenvalue weighted by atomic mass is 9.46. The molecule has 0 aromatic rings. The molecule has 0 unspecified atom stereocenters. The Labute approximate surface area is 180 Å². The average molecular weight is 415 g/mol. The molecule has 30 heavy (non-hydrogen) atoms. The molecule has 8 atom stereocenters. The predicted molar refractivity (Wildman–Crippen MR) is 115 cm³/mol. The number of hydrogen-bond acceptors (Lipinski definition) is 4. The first-order valence-corrected chi connectivity index (χ1v) is 12.4. The Balaban J connectivity index is 1.37. The van der Waals surface area contributed by atoms with Crippen molar-refractivity contribution in [3.8, 4) is 0 Å². The summed E-state index contributed by atoms with van der Waals surface area (Å²) in [7, 11) is 0. The first kappa shape index (κ1) is 20.7. The molecule has 0 radical (unpaired) electrons. The van der Waals surface area contributed by atoms with Gasteiger partial charge in [0, 0.05) is 12.8 Å². The summed E-state index contributed by atoms with van der Waals surface area (Å²) >= 11 is 0. The smallest absolute Gasteiger partial charge is 0.305 e. The SMILES string of the molecule is CCCOC(=O)CC[C@]1(O)CC[C@H]2[C@@H]3[C@@H]4C[C@@H]4C4=CC(=O)CC[C@]4(C)[C@H]3CC[C@@]21C. The monoisotopic (exact) mass is 414 g/mol. The maximum atomic E-state index is 12.1. The zero-order valence-corrected chi connectivity index (χ0v) is 18.9. The van der Waals surface area contributed by atoms with Crippen molar-refractivity contribution in [2.75, 3.05) is 6.61 Å². The number of fused-ring (bicyclic) bond motifs is 8. The van der Waals surface area contributed by atoms with E-state index in [4.69, 9.17) is 4.74 Å². The molecule has 4 nitrogen and oxygen atoms in total. The average Bonchev–Trinajstić information content (AvgIpc) is 3.46. The fraction of sp³-hybridized carbons (Fsp3) is 0.846. The van der Waals surface area contributed by atoms with E-state index in [0.717, 1.165) is 38.5 Å². The van der Waals surface area contributed by atoms with Crippen LogP contribution in [0.1, 0.15) is 85.0 Å². The molecule has 5 aliphatic carbocycles. The maximum Gasteiger partial charge on any atom is 0.305 e. The lowest BCUT2D eigenvalue weighted by Gasteiger charge is -2.59. The second-order valence-corrected chi connectivity index (χ2v) is 11.5. The van der Waals surface area contributed by atoms with E-state index in [9.17, 15) is 14.7 Å². The summed E-state index contributed by atoms with van der Waals surface area (Å²) in [4.78, 5) is 24.3. The van der Waals surface area contributed by atoms with E-state index in [1.807, 2.05) is 13.0 Å². The normalized spacial score (nSPS) is 48.7. The molecule has 4 heteroatoms. The molecule has 1 N–H and O–H groups in total. The van der Waals surface area contributed by atoms with Gasteiger partial charge >= 0.3 is 5.97 Å². The highest BCUT2D eigenvalue weighted by Crippen LogP contribution is 2.75. The first-order valence-electron chi connectivity index (χ1n) is 12.4. The molecule has 0 bridgehead atoms. The zero-order chi connectivity index (χ0) is 21.3. The highest BCUT2D eigenvalue weighted by Gasteiger charge is 2.69. The summed E-state index contributed by atoms with van der Waals surface area (Å²) in [5, 5.41) is 11.8. The Morgan fingerprint density at radius 1 is 1.20 bits per heavy atom. The molecule has 0 aliphatic heterocycles. The van der Waals surface area contributed by atoms with Gasteiger partial charge in [0.25, 0.3) is 0 Å². The van der Waals surface area contributed by atoms with E-state index < -0.39 is 5.60 Å². The van der Waals surface area contributed by atoms with E-state index in [0.29, 0.717) is 61.2 Å². The van der Waals surface area contributed by atoms with Crippen LogP contribution in [0.3, 0.4) is 0 Å². The van der Waals surface area contributed by atoms with Crippen molar-refractivity contribution >= 4 is 11.8 Å². The van der Waals surface area contributed by atoms with Crippen LogP contribution in [0.15, 0.2) is 11.6 Å². The van der Waals surface area contributed by atoms with Crippen molar-refractivity contribution in [1.82, 2.24) is 0 Å². The number of ketones is 1. The summed E-state index contributed by atoms with van der Waals surface area (Å²) in [5.74, 6) is 3.35. The molecule has 0 amide bonds. The molecule has 0 heterocycles. The van der Waals surface area contributed by atoms with Crippen LogP contribution in [0.5, 0.6) is 0 Å². The largest absolute Gasteiger partial charge is 0.466 e. The van der Waals surface area contributed by atoms with Crippen LogP contribution in [-0.2, 0) is 14.3 Å². The molecular weight excluding hydrogens is 376 g/mol. The van der Waals surface area contributed by atoms with Crippen molar-refractivity contribution in [3.63, 3.8) is 0 Å². The van der Waals surface area contributed by atoms with Crippen LogP contribution in [-0.4, -0.2) is 29.1 Å². The van der Waals surface area contributed by atoms with Gasteiger partial charge < -0.3 is 9.84 Å². The number of esters is 1. The number of carbonyl (C=O) groups is 2. The van der Waals surface area contributed by atoms with Crippen LogP contribution in [0.4, 0.5) is 0 Å². The van der Waals surface area contributed by atoms with Crippen molar-refractivity contribution in [3.05, 3.63) is 11.6 Å². The van der Waals surface area contributed by atoms with Crippen LogP contribution < -0.4 is 0 Å². The highest BCUT2D eigenvalue weighted by molar-refractivity contribution is 5.92. The van der Waals surface area contributed by atoms with E-state index in [2.05, 4.69) is 13.8 Å². The molecule has 0 saturated heterocycles. The van der Waals surface area contributed by atoms with Crippen LogP contribution >= 0.6 is 0 Å². The fourth-order valence-electron chi connectivity index (χ4n) is 8.52. The third kappa shape index (κ3) is 2.81. The topological polar surface area (TPSA) is 63.6 Å². The van der Waals surface area contributed by atoms with Crippen molar-refractivity contribution in [1.29, 1.82) is 0 Å². The molecule has 4 fully saturated rings. The lowest BCUT2D eigenvalue weighted by molar-refractivity contribution is -0.152. The Morgan fingerprint density at radius 3 is 2.73 bits per heavy atom. The molecule has 5 rings (SSSR count). The molecule has 166 valence electrons. The fourth-order valence-corrected chi connectivity index (χ4v) is 8.52. The van der Waals surface area contributed by atoms with Crippen LogP contribution in [0, 0.1) is 40.4 Å². The van der Waals surface area contributed by atoms with E-state index in [-0.39, 0.29) is 16.8 Å². The van der Waals surface area contributed by atoms with E-state index >= 15 is 0 Å². The molecule has 0 aromatic carbocycles. The van der Waals surface area contributed by atoms with Gasteiger partial charge in [-0.3, -0.25) is 9.59 Å². The second-order valence-electron chi connectivity index (χ2n) is 11.5. The lowest BCUT2D eigenvalue weighted by Crippen LogP contribution is -2.55. The predicted octanol–water partition coefficient (Wildman–Crippen LogP) is 4.84. The molecule has 0 aromatic heterocycles. The van der Waals surface area contributed by atoms with Crippen LogP contribution in [0.2, 0.25) is 0 Å². The quantitative estimate of drug-likeness (QED) is 0.654. The molecule has 0 spiro atoms. The highest BCUT2D eigenvalue weighted by atomic mass is 16.5. The van der Waals surface area contributed by atoms with Gasteiger partial charge in [0.15, 0.2) is 5.78 Å². The number of hydrogen-bond donors (Lipinski definition) is 1. The number of rotatable bonds is 5. The second kappa shape index (κ2) is 6.92. The van der Waals surface area contributed by atoms with Crippen molar-refractivity contribution in [2.45, 2.75) is 90.6 Å². The van der Waals surface area contributed by atoms with Gasteiger partial charge in [-0.2, -0.15) is 0 Å². The minimum atomic E-state index is -0.752. The Hall–Kier alpha value is -1.16. The Bertz CT molecular complexity index is 786. The number of ether oxygens (including phenoxy) is 1. The standard InChI is InChI=1S/C26H38O4/c1-4-13-30-22(28)8-12-26(29)11-7-20-23-18-15-17(18)21-14-16(27)5-9-24(21,2)19(23)6-10-25(20,26)3/h14,17-20,23,29H,4-13,15H2,1-3H3/t17-,18+,19-,20-,23+,24+,25-,26+/m0/s1. The minimum absolute atomic E-state index is 0.103. The summed E-state index contributed by atoms with van der Waals surface area (Å²) < 4.78 is 5.27. The van der Waals surface area contributed by atoms with Crippen LogP contribution in [0.25, 0.3) is 0 Å². The van der Waals surface area contributed by atoms with E-state index in [1.54, 1.807) is 0 Å². The zero-order valence-electron chi connectivity index (χ0n) is 18.9. The van der Waals surface area contributed by atoms with Gasteiger partial charge in [-0.25, -0.2) is 0 Å². The van der Waals surface area contributed by atoms with E-state index in [1.165, 1.54) is 12.0 Å². The van der Waals surface area contributed by atoms with Crippen molar-refractivity contribution in [2.24, 2.45) is 40.4 Å². The van der Waals surface area contributed by atoms with Gasteiger partial charge in [0.2, 0.25) is 0 Å². The summed E-state index contributed by atoms with van der Waals surface area (Å²) in [5.41, 5.74) is 0.801. The Morgan fingerprint density at radius 2 is 1.97 bits per heavy atom. The van der Waals surface area contributed by atoms with Gasteiger partial charge in [-0.1, -0.05) is 26.3 Å². The molecule has 4 saturated carbocycles. The first-order chi connectivity index (χ1) is 14.2. The summed E-state index contributed by atoms with van der Waals surface area (Å²) in [6.45, 7) is 7.22. The third-order valence-electron chi connectivity index (χ3n) is 10.3. The molecule has 5 aliphatic rings. The van der Waals surface area contributed by atoms with Crippen molar-refractivity contribution < 1.29 is 19.4 Å². The van der Waals surface area contributed by atoms with Gasteiger partial charge in [-0.05, 0) is 97.9 Å². The Kier molecular flexibility index (Phi) is 4.78. The third-order valence-corrected chi connectivity index (χ3v) is 10.3. The van der Waals surface area contributed by atoms with Gasteiger partial charge in [-0.15, -0.1) is 0 Å². The number of allylic oxidation sites excluding steroid dienone is 1. The van der Waals surface area contributed by atoms with Gasteiger partial charge in [0.05, 0.1) is 12.2 Å². The summed E-state index contributed by atoms with van der Waals surface area (Å²) in [6.07, 6.45) is 10.7. The molecular formula is C26H38O4. The summed E-state index contributed by atoms with van der Waals surface area (Å²) in [6, 6.07) is 0. The maximum absolute atomic E-state index is 12.1. The number of aliphatic hydroxyl groups is 1. The minimum Gasteiger partial charge on any atom is -0.466 e. The van der Waals surface area contributed by atoms with Gasteiger partial charge in [0.1, 0.15) is 0 Å².